The van der Waals surface area contributed by atoms with Crippen molar-refractivity contribution in [1.29, 1.82) is 0 Å². The molecule has 3 aromatic rings. The van der Waals surface area contributed by atoms with E-state index in [0.29, 0.717) is 5.02 Å². The molecule has 0 amide bonds. The lowest BCUT2D eigenvalue weighted by molar-refractivity contribution is 0.601. The Morgan fingerprint density at radius 2 is 1.68 bits per heavy atom. The molecule has 4 rings (SSSR count). The second kappa shape index (κ2) is 6.13. The largest absolute Gasteiger partial charge is 0.264 e. The van der Waals surface area contributed by atoms with Gasteiger partial charge in [0.2, 0.25) is 5.95 Å². The Morgan fingerprint density at radius 3 is 2.48 bits per heavy atom. The molecule has 0 aliphatic heterocycles. The van der Waals surface area contributed by atoms with Crippen LogP contribution in [-0.2, 0) is 22.9 Å². The van der Waals surface area contributed by atoms with E-state index in [2.05, 4.69) is 20.8 Å². The van der Waals surface area contributed by atoms with Gasteiger partial charge in [0.05, 0.1) is 10.6 Å². The zero-order chi connectivity index (χ0) is 17.4. The van der Waals surface area contributed by atoms with E-state index in [-0.39, 0.29) is 10.8 Å². The summed E-state index contributed by atoms with van der Waals surface area (Å²) < 4.78 is 27.4. The number of rotatable bonds is 3. The van der Waals surface area contributed by atoms with Crippen molar-refractivity contribution in [3.8, 4) is 11.3 Å². The van der Waals surface area contributed by atoms with E-state index in [1.807, 2.05) is 18.2 Å². The Hall–Kier alpha value is -2.44. The molecule has 0 radical (unpaired) electrons. The number of nitrogens with zero attached hydrogens (tertiary/aromatic N) is 2. The van der Waals surface area contributed by atoms with Crippen LogP contribution in [-0.4, -0.2) is 18.4 Å². The predicted molar refractivity (Wildman–Crippen MR) is 97.1 cm³/mol. The number of fused-ring (bicyclic) bond motifs is 3. The standard InChI is InChI=1S/C18H14ClN3O2S/c19-14-7-9-15(10-8-14)25(23,24)22-18-20-11-13-6-5-12-3-1-2-4-16(12)17(13)21-18/h1-4,7-11H,5-6H2,(H,20,21,22). The van der Waals surface area contributed by atoms with Crippen LogP contribution in [0.15, 0.2) is 59.6 Å². The fourth-order valence-corrected chi connectivity index (χ4v) is 3.98. The van der Waals surface area contributed by atoms with Gasteiger partial charge in [-0.05, 0) is 48.2 Å². The van der Waals surface area contributed by atoms with Gasteiger partial charge in [0.1, 0.15) is 0 Å². The molecule has 1 aliphatic rings. The Morgan fingerprint density at radius 1 is 0.960 bits per heavy atom. The van der Waals surface area contributed by atoms with Gasteiger partial charge >= 0.3 is 0 Å². The van der Waals surface area contributed by atoms with Crippen LogP contribution in [0, 0.1) is 0 Å². The molecule has 25 heavy (non-hydrogen) atoms. The van der Waals surface area contributed by atoms with Crippen LogP contribution in [0.2, 0.25) is 5.02 Å². The van der Waals surface area contributed by atoms with E-state index in [1.165, 1.54) is 29.8 Å². The van der Waals surface area contributed by atoms with Gasteiger partial charge in [-0.25, -0.2) is 23.1 Å². The number of nitrogens with one attached hydrogen (secondary N) is 1. The molecule has 1 heterocycles. The highest BCUT2D eigenvalue weighted by atomic mass is 35.5. The summed E-state index contributed by atoms with van der Waals surface area (Å²) in [7, 11) is -3.77. The summed E-state index contributed by atoms with van der Waals surface area (Å²) in [6, 6.07) is 14.0. The molecule has 5 nitrogen and oxygen atoms in total. The number of aryl methyl sites for hydroxylation is 2. The Kier molecular flexibility index (Phi) is 3.94. The lowest BCUT2D eigenvalue weighted by atomic mass is 9.90. The fourth-order valence-electron chi connectivity index (χ4n) is 2.90. The van der Waals surface area contributed by atoms with E-state index in [0.717, 1.165) is 29.7 Å². The number of anilines is 1. The highest BCUT2D eigenvalue weighted by Crippen LogP contribution is 2.32. The van der Waals surface area contributed by atoms with Gasteiger partial charge in [-0.2, -0.15) is 0 Å². The first kappa shape index (κ1) is 16.1. The summed E-state index contributed by atoms with van der Waals surface area (Å²) in [6.45, 7) is 0. The highest BCUT2D eigenvalue weighted by molar-refractivity contribution is 7.92. The third-order valence-electron chi connectivity index (χ3n) is 4.15. The van der Waals surface area contributed by atoms with Crippen molar-refractivity contribution in [2.75, 3.05) is 4.72 Å². The van der Waals surface area contributed by atoms with Crippen molar-refractivity contribution in [3.63, 3.8) is 0 Å². The van der Waals surface area contributed by atoms with E-state index in [9.17, 15) is 8.42 Å². The predicted octanol–water partition coefficient (Wildman–Crippen LogP) is 3.70. The first-order valence-corrected chi connectivity index (χ1v) is 9.62. The molecule has 0 spiro atoms. The molecule has 7 heteroatoms. The SMILES string of the molecule is O=S(=O)(Nc1ncc2c(n1)-c1ccccc1CC2)c1ccc(Cl)cc1. The maximum absolute atomic E-state index is 12.5. The molecule has 0 unspecified atom stereocenters. The summed E-state index contributed by atoms with van der Waals surface area (Å²) >= 11 is 5.81. The third-order valence-corrected chi connectivity index (χ3v) is 5.75. The van der Waals surface area contributed by atoms with Crippen LogP contribution in [0.3, 0.4) is 0 Å². The van der Waals surface area contributed by atoms with Crippen LogP contribution >= 0.6 is 11.6 Å². The van der Waals surface area contributed by atoms with Crippen LogP contribution in [0.1, 0.15) is 11.1 Å². The van der Waals surface area contributed by atoms with E-state index >= 15 is 0 Å². The summed E-state index contributed by atoms with van der Waals surface area (Å²) in [5.74, 6) is 0.0606. The molecule has 1 N–H and O–H groups in total. The minimum Gasteiger partial charge on any atom is -0.247 e. The maximum atomic E-state index is 12.5. The second-order valence-corrected chi connectivity index (χ2v) is 7.90. The Labute approximate surface area is 150 Å². The monoisotopic (exact) mass is 371 g/mol. The van der Waals surface area contributed by atoms with E-state index in [1.54, 1.807) is 6.20 Å². The lowest BCUT2D eigenvalue weighted by Crippen LogP contribution is -2.16. The zero-order valence-electron chi connectivity index (χ0n) is 13.1. The second-order valence-electron chi connectivity index (χ2n) is 5.78. The van der Waals surface area contributed by atoms with Crippen molar-refractivity contribution in [2.45, 2.75) is 17.7 Å². The van der Waals surface area contributed by atoms with Crippen molar-refractivity contribution >= 4 is 27.6 Å². The van der Waals surface area contributed by atoms with Crippen molar-refractivity contribution in [1.82, 2.24) is 9.97 Å². The Bertz CT molecular complexity index is 1050. The van der Waals surface area contributed by atoms with Gasteiger partial charge in [-0.3, -0.25) is 0 Å². The Balaban J connectivity index is 1.70. The number of hydrogen-bond donors (Lipinski definition) is 1. The molecule has 126 valence electrons. The molecule has 0 saturated heterocycles. The van der Waals surface area contributed by atoms with Gasteiger partial charge in [-0.1, -0.05) is 35.9 Å². The number of hydrogen-bond acceptors (Lipinski definition) is 4. The molecule has 1 aliphatic carbocycles. The first-order valence-electron chi connectivity index (χ1n) is 7.75. The highest BCUT2D eigenvalue weighted by Gasteiger charge is 2.20. The van der Waals surface area contributed by atoms with Gasteiger partial charge < -0.3 is 0 Å². The molecule has 2 aromatic carbocycles. The number of halogens is 1. The van der Waals surface area contributed by atoms with Gasteiger partial charge in [0, 0.05) is 16.8 Å². The van der Waals surface area contributed by atoms with Crippen LogP contribution in [0.5, 0.6) is 0 Å². The first-order chi connectivity index (χ1) is 12.0. The average Bonchev–Trinajstić information content (AvgIpc) is 2.61. The molecule has 0 atom stereocenters. The number of sulfonamides is 1. The summed E-state index contributed by atoms with van der Waals surface area (Å²) in [6.07, 6.45) is 3.47. The van der Waals surface area contributed by atoms with E-state index < -0.39 is 10.0 Å². The molecule has 0 bridgehead atoms. The van der Waals surface area contributed by atoms with Crippen molar-refractivity contribution < 1.29 is 8.42 Å². The van der Waals surface area contributed by atoms with Gasteiger partial charge in [-0.15, -0.1) is 0 Å². The average molecular weight is 372 g/mol. The quantitative estimate of drug-likeness (QED) is 0.762. The minimum atomic E-state index is -3.77. The smallest absolute Gasteiger partial charge is 0.247 e. The van der Waals surface area contributed by atoms with Gasteiger partial charge in [0.15, 0.2) is 0 Å². The molecule has 0 saturated carbocycles. The number of aromatic nitrogens is 2. The van der Waals surface area contributed by atoms with Crippen molar-refractivity contribution in [3.05, 3.63) is 70.9 Å². The minimum absolute atomic E-state index is 0.0606. The number of benzene rings is 2. The van der Waals surface area contributed by atoms with E-state index in [4.69, 9.17) is 11.6 Å². The molecular weight excluding hydrogens is 358 g/mol. The van der Waals surface area contributed by atoms with Crippen molar-refractivity contribution in [2.24, 2.45) is 0 Å². The van der Waals surface area contributed by atoms with Gasteiger partial charge in [0.25, 0.3) is 10.0 Å². The van der Waals surface area contributed by atoms with Crippen LogP contribution in [0.4, 0.5) is 5.95 Å². The molecule has 1 aromatic heterocycles. The van der Waals surface area contributed by atoms with Crippen LogP contribution in [0.25, 0.3) is 11.3 Å². The summed E-state index contributed by atoms with van der Waals surface area (Å²) in [5.41, 5.74) is 4.04. The molecular formula is C18H14ClN3O2S. The van der Waals surface area contributed by atoms with Crippen LogP contribution < -0.4 is 4.72 Å². The maximum Gasteiger partial charge on any atom is 0.264 e. The summed E-state index contributed by atoms with van der Waals surface area (Å²) in [5, 5.41) is 0.473. The third kappa shape index (κ3) is 3.10. The summed E-state index contributed by atoms with van der Waals surface area (Å²) in [4.78, 5) is 8.73. The fraction of sp³-hybridized carbons (Fsp3) is 0.111. The lowest BCUT2D eigenvalue weighted by Gasteiger charge is -2.19. The molecule has 0 fully saturated rings. The topological polar surface area (TPSA) is 72.0 Å². The normalized spacial score (nSPS) is 13.0. The zero-order valence-corrected chi connectivity index (χ0v) is 14.7.